The van der Waals surface area contributed by atoms with Crippen LogP contribution in [0.5, 0.6) is 0 Å². The highest BCUT2D eigenvalue weighted by Gasteiger charge is 2.13. The third kappa shape index (κ3) is 5.30. The van der Waals surface area contributed by atoms with Crippen LogP contribution < -0.4 is 5.73 Å². The molecule has 3 rings (SSSR count). The normalized spacial score (nSPS) is 11.7. The summed E-state index contributed by atoms with van der Waals surface area (Å²) < 4.78 is 0. The monoisotopic (exact) mass is 388 g/mol. The smallest absolute Gasteiger partial charge is 0.320 e. The molecule has 0 aromatic heterocycles. The van der Waals surface area contributed by atoms with E-state index in [2.05, 4.69) is 6.07 Å². The molecule has 5 heteroatoms. The maximum Gasteiger partial charge on any atom is 0.320 e. The summed E-state index contributed by atoms with van der Waals surface area (Å²) in [6.45, 7) is 0.507. The van der Waals surface area contributed by atoms with Gasteiger partial charge in [-0.25, -0.2) is 0 Å². The molecular weight excluding hydrogens is 364 g/mol. The minimum Gasteiger partial charge on any atom is -0.480 e. The van der Waals surface area contributed by atoms with Crippen LogP contribution in [0.25, 0.3) is 11.1 Å². The number of benzene rings is 3. The second kappa shape index (κ2) is 9.17. The van der Waals surface area contributed by atoms with Crippen molar-refractivity contribution < 1.29 is 14.7 Å². The van der Waals surface area contributed by atoms with E-state index in [4.69, 9.17) is 10.8 Å². The van der Waals surface area contributed by atoms with Crippen LogP contribution >= 0.6 is 0 Å². The first-order valence-corrected chi connectivity index (χ1v) is 9.41. The fourth-order valence-electron chi connectivity index (χ4n) is 3.17. The van der Waals surface area contributed by atoms with Gasteiger partial charge < -0.3 is 15.7 Å². The third-order valence-electron chi connectivity index (χ3n) is 4.77. The van der Waals surface area contributed by atoms with E-state index < -0.39 is 12.0 Å². The predicted octanol–water partition coefficient (Wildman–Crippen LogP) is 3.58. The van der Waals surface area contributed by atoms with Crippen LogP contribution in [0, 0.1) is 0 Å². The molecule has 5 nitrogen and oxygen atoms in total. The lowest BCUT2D eigenvalue weighted by atomic mass is 9.99. The highest BCUT2D eigenvalue weighted by atomic mass is 16.4. The highest BCUT2D eigenvalue weighted by molar-refractivity contribution is 5.94. The van der Waals surface area contributed by atoms with Gasteiger partial charge in [0.15, 0.2) is 0 Å². The van der Waals surface area contributed by atoms with E-state index in [-0.39, 0.29) is 5.91 Å². The summed E-state index contributed by atoms with van der Waals surface area (Å²) in [5, 5.41) is 8.94. The first-order chi connectivity index (χ1) is 13.9. The molecule has 0 saturated carbocycles. The van der Waals surface area contributed by atoms with Crippen molar-refractivity contribution in [2.45, 2.75) is 19.0 Å². The van der Waals surface area contributed by atoms with Crippen LogP contribution in [0.15, 0.2) is 78.9 Å². The van der Waals surface area contributed by atoms with Gasteiger partial charge in [0.1, 0.15) is 6.04 Å². The number of rotatable bonds is 7. The summed E-state index contributed by atoms with van der Waals surface area (Å²) in [4.78, 5) is 25.2. The molecule has 0 bridgehead atoms. The van der Waals surface area contributed by atoms with Gasteiger partial charge in [0.25, 0.3) is 5.91 Å². The largest absolute Gasteiger partial charge is 0.480 e. The second-order valence-corrected chi connectivity index (χ2v) is 7.07. The summed E-state index contributed by atoms with van der Waals surface area (Å²) in [6, 6.07) is 24.1. The number of nitrogens with two attached hydrogens (primary N) is 1. The van der Waals surface area contributed by atoms with Crippen LogP contribution in [0.3, 0.4) is 0 Å². The van der Waals surface area contributed by atoms with Crippen molar-refractivity contribution in [2.24, 2.45) is 5.73 Å². The Kier molecular flexibility index (Phi) is 6.42. The van der Waals surface area contributed by atoms with Gasteiger partial charge in [0.2, 0.25) is 0 Å². The fourth-order valence-corrected chi connectivity index (χ4v) is 3.17. The standard InChI is InChI=1S/C24H24N2O3/c1-26(23(27)20-7-3-2-4-8-20)16-18-6-5-9-21(14-18)19-12-10-17(11-13-19)15-22(25)24(28)29/h2-14,22H,15-16,25H2,1H3,(H,28,29). The fraction of sp³-hybridized carbons (Fsp3) is 0.167. The molecule has 0 aliphatic heterocycles. The quantitative estimate of drug-likeness (QED) is 0.648. The van der Waals surface area contributed by atoms with Gasteiger partial charge in [-0.15, -0.1) is 0 Å². The van der Waals surface area contributed by atoms with Crippen molar-refractivity contribution in [1.82, 2.24) is 4.90 Å². The summed E-state index contributed by atoms with van der Waals surface area (Å²) in [6.07, 6.45) is 0.294. The molecule has 0 spiro atoms. The first-order valence-electron chi connectivity index (χ1n) is 9.41. The number of hydrogen-bond acceptors (Lipinski definition) is 3. The Morgan fingerprint density at radius 1 is 0.897 bits per heavy atom. The zero-order chi connectivity index (χ0) is 20.8. The Balaban J connectivity index is 1.71. The molecular formula is C24H24N2O3. The van der Waals surface area contributed by atoms with E-state index in [1.165, 1.54) is 0 Å². The minimum absolute atomic E-state index is 0.0184. The lowest BCUT2D eigenvalue weighted by Gasteiger charge is -2.18. The Bertz CT molecular complexity index is 985. The summed E-state index contributed by atoms with van der Waals surface area (Å²) in [5.41, 5.74) is 10.2. The van der Waals surface area contributed by atoms with Gasteiger partial charge in [-0.3, -0.25) is 9.59 Å². The molecule has 1 amide bonds. The van der Waals surface area contributed by atoms with Crippen molar-refractivity contribution in [1.29, 1.82) is 0 Å². The Morgan fingerprint density at radius 3 is 2.24 bits per heavy atom. The molecule has 3 N–H and O–H groups in total. The van der Waals surface area contributed by atoms with E-state index >= 15 is 0 Å². The molecule has 1 unspecified atom stereocenters. The molecule has 0 aliphatic carbocycles. The van der Waals surface area contributed by atoms with E-state index in [9.17, 15) is 9.59 Å². The summed E-state index contributed by atoms with van der Waals surface area (Å²) in [5.74, 6) is -1.02. The number of carboxylic acids is 1. The zero-order valence-electron chi connectivity index (χ0n) is 16.3. The van der Waals surface area contributed by atoms with E-state index in [1.807, 2.05) is 72.8 Å². The van der Waals surface area contributed by atoms with Gasteiger partial charge >= 0.3 is 5.97 Å². The molecule has 1 atom stereocenters. The maximum atomic E-state index is 12.6. The molecule has 148 valence electrons. The van der Waals surface area contributed by atoms with Crippen molar-refractivity contribution in [3.63, 3.8) is 0 Å². The molecule has 0 aliphatic rings. The van der Waals surface area contributed by atoms with Crippen molar-refractivity contribution >= 4 is 11.9 Å². The lowest BCUT2D eigenvalue weighted by molar-refractivity contribution is -0.138. The molecule has 3 aromatic rings. The molecule has 3 aromatic carbocycles. The number of carboxylic acid groups (broad SMARTS) is 1. The van der Waals surface area contributed by atoms with Gasteiger partial charge in [-0.1, -0.05) is 60.7 Å². The number of aliphatic carboxylic acids is 1. The Morgan fingerprint density at radius 2 is 1.59 bits per heavy atom. The predicted molar refractivity (Wildman–Crippen MR) is 113 cm³/mol. The minimum atomic E-state index is -1.00. The van der Waals surface area contributed by atoms with Gasteiger partial charge in [0.05, 0.1) is 0 Å². The Hall–Kier alpha value is -3.44. The zero-order valence-corrected chi connectivity index (χ0v) is 16.3. The first kappa shape index (κ1) is 20.3. The van der Waals surface area contributed by atoms with Crippen LogP contribution in [-0.4, -0.2) is 35.0 Å². The lowest BCUT2D eigenvalue weighted by Crippen LogP contribution is -2.32. The van der Waals surface area contributed by atoms with Crippen molar-refractivity contribution in [2.75, 3.05) is 7.05 Å². The molecule has 0 saturated heterocycles. The Labute approximate surface area is 170 Å². The van der Waals surface area contributed by atoms with Crippen LogP contribution in [0.1, 0.15) is 21.5 Å². The van der Waals surface area contributed by atoms with Crippen molar-refractivity contribution in [3.8, 4) is 11.1 Å². The topological polar surface area (TPSA) is 83.6 Å². The summed E-state index contributed by atoms with van der Waals surface area (Å²) >= 11 is 0. The van der Waals surface area contributed by atoms with Gasteiger partial charge in [-0.2, -0.15) is 0 Å². The SMILES string of the molecule is CN(Cc1cccc(-c2ccc(CC(N)C(=O)O)cc2)c1)C(=O)c1ccccc1. The molecule has 0 heterocycles. The van der Waals surface area contributed by atoms with E-state index in [1.54, 1.807) is 11.9 Å². The third-order valence-corrected chi connectivity index (χ3v) is 4.77. The van der Waals surface area contributed by atoms with E-state index in [0.29, 0.717) is 18.5 Å². The second-order valence-electron chi connectivity index (χ2n) is 7.07. The number of carbonyl (C=O) groups excluding carboxylic acids is 1. The maximum absolute atomic E-state index is 12.6. The van der Waals surface area contributed by atoms with Crippen LogP contribution in [-0.2, 0) is 17.8 Å². The average Bonchev–Trinajstić information content (AvgIpc) is 2.74. The van der Waals surface area contributed by atoms with Gasteiger partial charge in [0, 0.05) is 19.2 Å². The number of hydrogen-bond donors (Lipinski definition) is 2. The van der Waals surface area contributed by atoms with Gasteiger partial charge in [-0.05, 0) is 46.9 Å². The van der Waals surface area contributed by atoms with Crippen molar-refractivity contribution in [3.05, 3.63) is 95.6 Å². The number of carbonyl (C=O) groups is 2. The van der Waals surface area contributed by atoms with Crippen LogP contribution in [0.2, 0.25) is 0 Å². The molecule has 29 heavy (non-hydrogen) atoms. The highest BCUT2D eigenvalue weighted by Crippen LogP contribution is 2.22. The average molecular weight is 388 g/mol. The number of nitrogens with zero attached hydrogens (tertiary/aromatic N) is 1. The van der Waals surface area contributed by atoms with Crippen LogP contribution in [0.4, 0.5) is 0 Å². The summed E-state index contributed by atoms with van der Waals surface area (Å²) in [7, 11) is 1.79. The van der Waals surface area contributed by atoms with E-state index in [0.717, 1.165) is 22.3 Å². The molecule has 0 radical (unpaired) electrons. The number of amides is 1. The molecule has 0 fully saturated rings.